The van der Waals surface area contributed by atoms with Crippen LogP contribution in [0.15, 0.2) is 18.3 Å². The molecular weight excluding hydrogens is 230 g/mol. The van der Waals surface area contributed by atoms with E-state index in [2.05, 4.69) is 10.3 Å². The highest BCUT2D eigenvalue weighted by molar-refractivity contribution is 5.94. The first kappa shape index (κ1) is 14.4. The van der Waals surface area contributed by atoms with Gasteiger partial charge in [0.2, 0.25) is 0 Å². The third kappa shape index (κ3) is 3.70. The Kier molecular flexibility index (Phi) is 5.09. The number of carbonyl (C=O) groups is 1. The molecule has 18 heavy (non-hydrogen) atoms. The first-order valence-corrected chi connectivity index (χ1v) is 6.00. The number of aromatic nitrogens is 1. The highest BCUT2D eigenvalue weighted by Crippen LogP contribution is 2.09. The second kappa shape index (κ2) is 6.35. The van der Waals surface area contributed by atoms with Gasteiger partial charge in [-0.1, -0.05) is 13.8 Å². The van der Waals surface area contributed by atoms with E-state index in [0.717, 1.165) is 5.82 Å². The van der Waals surface area contributed by atoms with Gasteiger partial charge < -0.3 is 15.3 Å². The number of aliphatic hydroxyl groups excluding tert-OH is 1. The van der Waals surface area contributed by atoms with Crippen molar-refractivity contribution in [2.45, 2.75) is 19.9 Å². The zero-order valence-electron chi connectivity index (χ0n) is 11.3. The van der Waals surface area contributed by atoms with Crippen LogP contribution >= 0.6 is 0 Å². The molecule has 0 radical (unpaired) electrons. The number of hydrogen-bond acceptors (Lipinski definition) is 4. The van der Waals surface area contributed by atoms with E-state index in [4.69, 9.17) is 0 Å². The molecule has 1 heterocycles. The maximum Gasteiger partial charge on any atom is 0.253 e. The first-order valence-electron chi connectivity index (χ1n) is 6.00. The number of amides is 1. The van der Waals surface area contributed by atoms with Crippen molar-refractivity contribution in [2.24, 2.45) is 5.92 Å². The molecule has 0 saturated heterocycles. The molecule has 1 amide bonds. The summed E-state index contributed by atoms with van der Waals surface area (Å²) in [6.45, 7) is 3.84. The van der Waals surface area contributed by atoms with E-state index in [9.17, 15) is 9.90 Å². The van der Waals surface area contributed by atoms with Crippen molar-refractivity contribution in [2.75, 3.05) is 25.6 Å². The van der Waals surface area contributed by atoms with Gasteiger partial charge in [0.1, 0.15) is 5.82 Å². The molecule has 0 aliphatic rings. The van der Waals surface area contributed by atoms with Gasteiger partial charge in [0.05, 0.1) is 18.2 Å². The van der Waals surface area contributed by atoms with Crippen LogP contribution in [-0.4, -0.2) is 42.7 Å². The molecule has 1 atom stereocenters. The standard InChI is InChI=1S/C13H21N3O2/c1-9(2)11(8-17)15-13(18)10-5-6-12(14-7-10)16(3)4/h5-7,9,11,17H,8H2,1-4H3,(H,15,18)/t11-/m1/s1. The van der Waals surface area contributed by atoms with Crippen LogP contribution < -0.4 is 10.2 Å². The van der Waals surface area contributed by atoms with E-state index in [-0.39, 0.29) is 24.5 Å². The van der Waals surface area contributed by atoms with Gasteiger partial charge in [0.15, 0.2) is 0 Å². The Morgan fingerprint density at radius 1 is 1.44 bits per heavy atom. The SMILES string of the molecule is CC(C)[C@@H](CO)NC(=O)c1ccc(N(C)C)nc1. The summed E-state index contributed by atoms with van der Waals surface area (Å²) in [6.07, 6.45) is 1.54. The lowest BCUT2D eigenvalue weighted by Crippen LogP contribution is -2.41. The number of hydrogen-bond donors (Lipinski definition) is 2. The van der Waals surface area contributed by atoms with Crippen LogP contribution in [0.2, 0.25) is 0 Å². The Labute approximate surface area is 108 Å². The lowest BCUT2D eigenvalue weighted by Gasteiger charge is -2.20. The third-order valence-electron chi connectivity index (χ3n) is 2.79. The second-order valence-corrected chi connectivity index (χ2v) is 4.81. The number of nitrogens with zero attached hydrogens (tertiary/aromatic N) is 2. The first-order chi connectivity index (χ1) is 8.45. The van der Waals surface area contributed by atoms with Crippen LogP contribution in [0.5, 0.6) is 0 Å². The highest BCUT2D eigenvalue weighted by atomic mass is 16.3. The Morgan fingerprint density at radius 3 is 2.50 bits per heavy atom. The van der Waals surface area contributed by atoms with Gasteiger partial charge in [0, 0.05) is 20.3 Å². The monoisotopic (exact) mass is 251 g/mol. The Balaban J connectivity index is 2.72. The predicted molar refractivity (Wildman–Crippen MR) is 71.7 cm³/mol. The molecule has 0 fully saturated rings. The lowest BCUT2D eigenvalue weighted by atomic mass is 10.1. The Bertz CT molecular complexity index is 388. The van der Waals surface area contributed by atoms with Crippen LogP contribution in [0.4, 0.5) is 5.82 Å². The van der Waals surface area contributed by atoms with Crippen molar-refractivity contribution in [1.82, 2.24) is 10.3 Å². The topological polar surface area (TPSA) is 65.5 Å². The number of rotatable bonds is 5. The quantitative estimate of drug-likeness (QED) is 0.816. The molecule has 0 bridgehead atoms. The number of anilines is 1. The minimum Gasteiger partial charge on any atom is -0.394 e. The summed E-state index contributed by atoms with van der Waals surface area (Å²) in [5.41, 5.74) is 0.500. The summed E-state index contributed by atoms with van der Waals surface area (Å²) < 4.78 is 0. The number of aliphatic hydroxyl groups is 1. The second-order valence-electron chi connectivity index (χ2n) is 4.81. The van der Waals surface area contributed by atoms with Crippen molar-refractivity contribution in [1.29, 1.82) is 0 Å². The van der Waals surface area contributed by atoms with E-state index >= 15 is 0 Å². The molecule has 1 rings (SSSR count). The third-order valence-corrected chi connectivity index (χ3v) is 2.79. The summed E-state index contributed by atoms with van der Waals surface area (Å²) in [4.78, 5) is 18.0. The van der Waals surface area contributed by atoms with Gasteiger partial charge in [0.25, 0.3) is 5.91 Å². The van der Waals surface area contributed by atoms with Crippen LogP contribution in [-0.2, 0) is 0 Å². The summed E-state index contributed by atoms with van der Waals surface area (Å²) >= 11 is 0. The number of pyridine rings is 1. The van der Waals surface area contributed by atoms with Crippen molar-refractivity contribution >= 4 is 11.7 Å². The van der Waals surface area contributed by atoms with Gasteiger partial charge in [-0.2, -0.15) is 0 Å². The smallest absolute Gasteiger partial charge is 0.253 e. The molecule has 0 spiro atoms. The highest BCUT2D eigenvalue weighted by Gasteiger charge is 2.16. The molecule has 0 unspecified atom stereocenters. The fourth-order valence-corrected chi connectivity index (χ4v) is 1.46. The van der Waals surface area contributed by atoms with Gasteiger partial charge in [-0.05, 0) is 18.1 Å². The molecular formula is C13H21N3O2. The number of carbonyl (C=O) groups excluding carboxylic acids is 1. The number of nitrogens with one attached hydrogen (secondary N) is 1. The molecule has 100 valence electrons. The maximum absolute atomic E-state index is 11.9. The van der Waals surface area contributed by atoms with Crippen molar-refractivity contribution in [3.8, 4) is 0 Å². The van der Waals surface area contributed by atoms with E-state index in [1.807, 2.05) is 32.8 Å². The zero-order chi connectivity index (χ0) is 13.7. The molecule has 0 aromatic carbocycles. The summed E-state index contributed by atoms with van der Waals surface area (Å²) in [5.74, 6) is 0.780. The molecule has 5 heteroatoms. The average Bonchev–Trinajstić information content (AvgIpc) is 2.35. The lowest BCUT2D eigenvalue weighted by molar-refractivity contribution is 0.0896. The molecule has 2 N–H and O–H groups in total. The molecule has 0 aliphatic carbocycles. The minimum atomic E-state index is -0.231. The largest absolute Gasteiger partial charge is 0.394 e. The summed E-state index contributed by atoms with van der Waals surface area (Å²) in [6, 6.07) is 3.29. The summed E-state index contributed by atoms with van der Waals surface area (Å²) in [5, 5.41) is 12.0. The fourth-order valence-electron chi connectivity index (χ4n) is 1.46. The van der Waals surface area contributed by atoms with Crippen LogP contribution in [0.3, 0.4) is 0 Å². The zero-order valence-corrected chi connectivity index (χ0v) is 11.3. The van der Waals surface area contributed by atoms with E-state index in [0.29, 0.717) is 5.56 Å². The molecule has 0 aliphatic heterocycles. The van der Waals surface area contributed by atoms with E-state index < -0.39 is 0 Å². The van der Waals surface area contributed by atoms with E-state index in [1.165, 1.54) is 0 Å². The average molecular weight is 251 g/mol. The van der Waals surface area contributed by atoms with Gasteiger partial charge in [-0.15, -0.1) is 0 Å². The summed E-state index contributed by atoms with van der Waals surface area (Å²) in [7, 11) is 3.78. The van der Waals surface area contributed by atoms with Crippen LogP contribution in [0.1, 0.15) is 24.2 Å². The van der Waals surface area contributed by atoms with Gasteiger partial charge >= 0.3 is 0 Å². The van der Waals surface area contributed by atoms with Crippen LogP contribution in [0, 0.1) is 5.92 Å². The molecule has 0 saturated carbocycles. The molecule has 1 aromatic rings. The Hall–Kier alpha value is -1.62. The van der Waals surface area contributed by atoms with Crippen LogP contribution in [0.25, 0.3) is 0 Å². The van der Waals surface area contributed by atoms with Gasteiger partial charge in [-0.25, -0.2) is 4.98 Å². The molecule has 1 aromatic heterocycles. The van der Waals surface area contributed by atoms with Gasteiger partial charge in [-0.3, -0.25) is 4.79 Å². The predicted octanol–water partition coefficient (Wildman–Crippen LogP) is 0.894. The van der Waals surface area contributed by atoms with Crippen molar-refractivity contribution in [3.05, 3.63) is 23.9 Å². The maximum atomic E-state index is 11.9. The van der Waals surface area contributed by atoms with Crippen molar-refractivity contribution < 1.29 is 9.90 Å². The fraction of sp³-hybridized carbons (Fsp3) is 0.538. The normalized spacial score (nSPS) is 12.3. The minimum absolute atomic E-state index is 0.0629. The Morgan fingerprint density at radius 2 is 2.11 bits per heavy atom. The van der Waals surface area contributed by atoms with Crippen molar-refractivity contribution in [3.63, 3.8) is 0 Å². The molecule has 5 nitrogen and oxygen atoms in total. The van der Waals surface area contributed by atoms with E-state index in [1.54, 1.807) is 18.3 Å².